The van der Waals surface area contributed by atoms with E-state index in [1.165, 1.54) is 12.3 Å². The van der Waals surface area contributed by atoms with Crippen LogP contribution in [0.2, 0.25) is 10.0 Å². The molecule has 0 bridgehead atoms. The summed E-state index contributed by atoms with van der Waals surface area (Å²) >= 11 is 12.2. The van der Waals surface area contributed by atoms with E-state index in [1.54, 1.807) is 53.4 Å². The number of nitrogens with zero attached hydrogens (tertiary/aromatic N) is 3. The van der Waals surface area contributed by atoms with Gasteiger partial charge in [-0.3, -0.25) is 24.3 Å². The standard InChI is InChI=1S/C29H31Cl2N7O4/c1-37(2)14-4-7-24(39)33-19-10-8-18(9-11-19)29(42)38-15-12-20(13-16-38)34-28(41)26-23(17-32-36-26)35-27(40)25-21(30)5-3-6-22(25)31/h3-11,17,20H,12-16H2,1-2H3,(H,32,36)(H,33,39)(H,34,41)(H,35,40). The highest BCUT2D eigenvalue weighted by Gasteiger charge is 2.27. The van der Waals surface area contributed by atoms with Gasteiger partial charge in [0.15, 0.2) is 0 Å². The highest BCUT2D eigenvalue weighted by molar-refractivity contribution is 6.40. The Labute approximate surface area is 253 Å². The van der Waals surface area contributed by atoms with Crippen molar-refractivity contribution in [2.24, 2.45) is 0 Å². The number of hydrogen-bond acceptors (Lipinski definition) is 6. The van der Waals surface area contributed by atoms with Crippen molar-refractivity contribution in [3.63, 3.8) is 0 Å². The topological polar surface area (TPSA) is 140 Å². The number of halogens is 2. The number of likely N-dealkylation sites (N-methyl/N-ethyl adjacent to an activating group) is 1. The Morgan fingerprint density at radius 3 is 2.31 bits per heavy atom. The monoisotopic (exact) mass is 611 g/mol. The Kier molecular flexibility index (Phi) is 10.3. The summed E-state index contributed by atoms with van der Waals surface area (Å²) in [5.41, 5.74) is 1.47. The third-order valence-corrected chi connectivity index (χ3v) is 7.19. The SMILES string of the molecule is CN(C)CC=CC(=O)Nc1ccc(C(=O)N2CCC(NC(=O)c3[nH]ncc3NC(=O)c3c(Cl)cccc3Cl)CC2)cc1. The molecule has 4 rings (SSSR count). The minimum Gasteiger partial charge on any atom is -0.348 e. The van der Waals surface area contributed by atoms with Crippen molar-refractivity contribution in [1.29, 1.82) is 0 Å². The molecule has 3 aromatic rings. The molecule has 2 aromatic carbocycles. The average molecular weight is 613 g/mol. The third-order valence-electron chi connectivity index (χ3n) is 6.56. The predicted octanol–water partition coefficient (Wildman–Crippen LogP) is 4.06. The minimum absolute atomic E-state index is 0.0883. The molecule has 1 aliphatic rings. The van der Waals surface area contributed by atoms with Crippen molar-refractivity contribution >= 4 is 58.2 Å². The molecule has 0 atom stereocenters. The number of likely N-dealkylation sites (tertiary alicyclic amines) is 1. The number of anilines is 2. The number of hydrogen-bond donors (Lipinski definition) is 4. The quantitative estimate of drug-likeness (QED) is 0.269. The number of H-pyrrole nitrogens is 1. The van der Waals surface area contributed by atoms with Crippen LogP contribution in [0.4, 0.5) is 11.4 Å². The minimum atomic E-state index is -0.569. The molecule has 0 radical (unpaired) electrons. The number of amides is 4. The second-order valence-corrected chi connectivity index (χ2v) is 10.8. The molecular weight excluding hydrogens is 581 g/mol. The van der Waals surface area contributed by atoms with Crippen LogP contribution in [0.15, 0.2) is 60.8 Å². The highest BCUT2D eigenvalue weighted by atomic mass is 35.5. The van der Waals surface area contributed by atoms with Crippen LogP contribution in [0.1, 0.15) is 44.0 Å². The summed E-state index contributed by atoms with van der Waals surface area (Å²) in [6.45, 7) is 1.57. The Morgan fingerprint density at radius 1 is 1.00 bits per heavy atom. The maximum atomic E-state index is 13.0. The van der Waals surface area contributed by atoms with Gasteiger partial charge in [0.25, 0.3) is 17.7 Å². The smallest absolute Gasteiger partial charge is 0.271 e. The molecule has 0 saturated carbocycles. The van der Waals surface area contributed by atoms with E-state index < -0.39 is 11.8 Å². The van der Waals surface area contributed by atoms with Gasteiger partial charge in [-0.05, 0) is 63.3 Å². The van der Waals surface area contributed by atoms with Gasteiger partial charge in [-0.25, -0.2) is 0 Å². The largest absolute Gasteiger partial charge is 0.348 e. The second kappa shape index (κ2) is 14.1. The molecule has 42 heavy (non-hydrogen) atoms. The van der Waals surface area contributed by atoms with Crippen molar-refractivity contribution in [3.05, 3.63) is 87.7 Å². The maximum absolute atomic E-state index is 13.0. The molecule has 220 valence electrons. The van der Waals surface area contributed by atoms with Crippen LogP contribution in [0.5, 0.6) is 0 Å². The third kappa shape index (κ3) is 7.96. The Bertz CT molecular complexity index is 1460. The molecule has 11 nitrogen and oxygen atoms in total. The van der Waals surface area contributed by atoms with Crippen molar-refractivity contribution in [2.75, 3.05) is 44.4 Å². The average Bonchev–Trinajstić information content (AvgIpc) is 3.41. The van der Waals surface area contributed by atoms with Gasteiger partial charge in [0.2, 0.25) is 5.91 Å². The molecule has 0 unspecified atom stereocenters. The predicted molar refractivity (Wildman–Crippen MR) is 162 cm³/mol. The zero-order valence-electron chi connectivity index (χ0n) is 23.1. The molecule has 1 aliphatic heterocycles. The first kappa shape index (κ1) is 30.8. The van der Waals surface area contributed by atoms with Crippen LogP contribution >= 0.6 is 23.2 Å². The molecule has 4 amide bonds. The zero-order valence-corrected chi connectivity index (χ0v) is 24.6. The molecular formula is C29H31Cl2N7O4. The van der Waals surface area contributed by atoms with Crippen molar-refractivity contribution < 1.29 is 19.2 Å². The maximum Gasteiger partial charge on any atom is 0.271 e. The first-order valence-electron chi connectivity index (χ1n) is 13.2. The highest BCUT2D eigenvalue weighted by Crippen LogP contribution is 2.26. The molecule has 4 N–H and O–H groups in total. The molecule has 0 aliphatic carbocycles. The Balaban J connectivity index is 1.27. The van der Waals surface area contributed by atoms with Crippen molar-refractivity contribution in [2.45, 2.75) is 18.9 Å². The van der Waals surface area contributed by atoms with Crippen LogP contribution in [0, 0.1) is 0 Å². The van der Waals surface area contributed by atoms with Gasteiger partial charge in [-0.2, -0.15) is 5.10 Å². The summed E-state index contributed by atoms with van der Waals surface area (Å²) in [6, 6.07) is 11.3. The number of rotatable bonds is 9. The first-order chi connectivity index (χ1) is 20.1. The van der Waals surface area contributed by atoms with Gasteiger partial charge in [-0.15, -0.1) is 0 Å². The molecule has 1 aromatic heterocycles. The van der Waals surface area contributed by atoms with E-state index in [1.807, 2.05) is 19.0 Å². The number of piperidine rings is 1. The van der Waals surface area contributed by atoms with Gasteiger partial charge in [0.1, 0.15) is 5.69 Å². The Morgan fingerprint density at radius 2 is 1.67 bits per heavy atom. The van der Waals surface area contributed by atoms with E-state index in [4.69, 9.17) is 23.2 Å². The van der Waals surface area contributed by atoms with E-state index in [2.05, 4.69) is 26.1 Å². The van der Waals surface area contributed by atoms with Gasteiger partial charge < -0.3 is 25.8 Å². The fourth-order valence-corrected chi connectivity index (χ4v) is 4.94. The number of carbonyl (C=O) groups is 4. The van der Waals surface area contributed by atoms with Crippen LogP contribution < -0.4 is 16.0 Å². The van der Waals surface area contributed by atoms with E-state index in [0.29, 0.717) is 43.7 Å². The second-order valence-electron chi connectivity index (χ2n) is 9.98. The van der Waals surface area contributed by atoms with E-state index in [-0.39, 0.29) is 44.8 Å². The van der Waals surface area contributed by atoms with Gasteiger partial charge in [-0.1, -0.05) is 35.3 Å². The normalized spacial score (nSPS) is 13.8. The summed E-state index contributed by atoms with van der Waals surface area (Å²) in [4.78, 5) is 54.5. The van der Waals surface area contributed by atoms with Crippen LogP contribution in [-0.4, -0.2) is 83.4 Å². The number of aromatic nitrogens is 2. The zero-order chi connectivity index (χ0) is 30.2. The fraction of sp³-hybridized carbons (Fsp3) is 0.276. The lowest BCUT2D eigenvalue weighted by molar-refractivity contribution is -0.111. The summed E-state index contributed by atoms with van der Waals surface area (Å²) in [5.74, 6) is -1.37. The molecule has 2 heterocycles. The van der Waals surface area contributed by atoms with Crippen LogP contribution in [0.25, 0.3) is 0 Å². The summed E-state index contributed by atoms with van der Waals surface area (Å²) in [7, 11) is 3.83. The van der Waals surface area contributed by atoms with E-state index in [9.17, 15) is 19.2 Å². The molecule has 1 saturated heterocycles. The number of carbonyl (C=O) groups excluding carboxylic acids is 4. The summed E-state index contributed by atoms with van der Waals surface area (Å²) in [6.07, 6.45) is 5.68. The van der Waals surface area contributed by atoms with Crippen LogP contribution in [-0.2, 0) is 4.79 Å². The lowest BCUT2D eigenvalue weighted by Gasteiger charge is -2.32. The molecule has 13 heteroatoms. The molecule has 1 fully saturated rings. The van der Waals surface area contributed by atoms with E-state index in [0.717, 1.165) is 0 Å². The fourth-order valence-electron chi connectivity index (χ4n) is 4.37. The first-order valence-corrected chi connectivity index (χ1v) is 14.0. The number of nitrogens with one attached hydrogen (secondary N) is 4. The molecule has 0 spiro atoms. The number of aromatic amines is 1. The van der Waals surface area contributed by atoms with Gasteiger partial charge in [0, 0.05) is 43.0 Å². The summed E-state index contributed by atoms with van der Waals surface area (Å²) in [5, 5.41) is 15.2. The Hall–Kier alpha value is -4.19. The van der Waals surface area contributed by atoms with Crippen molar-refractivity contribution in [1.82, 2.24) is 25.3 Å². The van der Waals surface area contributed by atoms with E-state index >= 15 is 0 Å². The summed E-state index contributed by atoms with van der Waals surface area (Å²) < 4.78 is 0. The van der Waals surface area contributed by atoms with Gasteiger partial charge >= 0.3 is 0 Å². The lowest BCUT2D eigenvalue weighted by Crippen LogP contribution is -2.46. The van der Waals surface area contributed by atoms with Crippen LogP contribution in [0.3, 0.4) is 0 Å². The number of benzene rings is 2. The van der Waals surface area contributed by atoms with Crippen molar-refractivity contribution in [3.8, 4) is 0 Å². The van der Waals surface area contributed by atoms with Gasteiger partial charge in [0.05, 0.1) is 27.5 Å². The lowest BCUT2D eigenvalue weighted by atomic mass is 10.0.